The van der Waals surface area contributed by atoms with Gasteiger partial charge in [-0.05, 0) is 64.7 Å². The van der Waals surface area contributed by atoms with Crippen LogP contribution in [-0.2, 0) is 76.3 Å². The molecule has 0 aromatic carbocycles. The third-order valence-electron chi connectivity index (χ3n) is 11.9. The van der Waals surface area contributed by atoms with Crippen molar-refractivity contribution in [2.24, 2.45) is 17.8 Å². The molecule has 4 N–H and O–H groups in total. The average Bonchev–Trinajstić information content (AvgIpc) is 0.970. The van der Waals surface area contributed by atoms with E-state index in [2.05, 4.69) is 64.2 Å². The first-order valence-corrected chi connectivity index (χ1v) is 26.0. The number of halogens is 24. The number of carbonyl (C=O) groups excluding carboxylic acids is 8. The van der Waals surface area contributed by atoms with Crippen LogP contribution < -0.4 is 0 Å². The smallest absolute Gasteiger partial charge is 0.430 e. The first-order valence-electron chi connectivity index (χ1n) is 26.0. The van der Waals surface area contributed by atoms with Gasteiger partial charge in [0.2, 0.25) is 0 Å². The van der Waals surface area contributed by atoms with Gasteiger partial charge in [-0.2, -0.15) is 105 Å². The van der Waals surface area contributed by atoms with Crippen molar-refractivity contribution in [2.45, 2.75) is 178 Å². The summed E-state index contributed by atoms with van der Waals surface area (Å²) < 4.78 is 340. The van der Waals surface area contributed by atoms with Crippen LogP contribution in [0.25, 0.3) is 0 Å². The van der Waals surface area contributed by atoms with Crippen molar-refractivity contribution in [1.29, 1.82) is 0 Å². The lowest BCUT2D eigenvalue weighted by molar-refractivity contribution is -0.396. The van der Waals surface area contributed by atoms with Crippen LogP contribution in [0.3, 0.4) is 0 Å². The summed E-state index contributed by atoms with van der Waals surface area (Å²) in [6.07, 6.45) is -58.4. The maximum absolute atomic E-state index is 13.1. The molecule has 0 bridgehead atoms. The van der Waals surface area contributed by atoms with Gasteiger partial charge in [0.25, 0.3) is 22.4 Å². The first-order chi connectivity index (χ1) is 42.5. The highest BCUT2D eigenvalue weighted by molar-refractivity contribution is 5.90. The number of alkyl halides is 24. The zero-order valence-corrected chi connectivity index (χ0v) is 50.8. The Bertz CT molecular complexity index is 2640. The summed E-state index contributed by atoms with van der Waals surface area (Å²) in [4.78, 5) is 89.6. The monoisotopic (exact) mass is 1460 g/mol. The van der Waals surface area contributed by atoms with Gasteiger partial charge in [0.1, 0.15) is 12.7 Å². The molecule has 0 spiro atoms. The number of esters is 8. The molecule has 1 aliphatic carbocycles. The minimum atomic E-state index is -6.16. The summed E-state index contributed by atoms with van der Waals surface area (Å²) in [7, 11) is 0. The molecule has 3 atom stereocenters. The maximum atomic E-state index is 13.1. The van der Waals surface area contributed by atoms with Gasteiger partial charge in [0.05, 0.1) is 0 Å². The maximum Gasteiger partial charge on any atom is 0.430 e. The van der Waals surface area contributed by atoms with Gasteiger partial charge in [0, 0.05) is 22.3 Å². The molecule has 3 unspecified atom stereocenters. The number of aliphatic hydroxyl groups is 4. The minimum absolute atomic E-state index is 0.0853. The van der Waals surface area contributed by atoms with E-state index in [1.54, 1.807) is 0 Å². The Kier molecular flexibility index (Phi) is 34.3. The van der Waals surface area contributed by atoms with Gasteiger partial charge in [-0.25, -0.2) is 38.4 Å². The van der Waals surface area contributed by atoms with E-state index in [1.165, 1.54) is 41.5 Å². The summed E-state index contributed by atoms with van der Waals surface area (Å²) in [5.41, 5.74) is -21.6. The molecule has 0 aromatic heterocycles. The lowest BCUT2D eigenvalue weighted by atomic mass is 9.84. The highest BCUT2D eigenvalue weighted by Crippen LogP contribution is 2.52. The van der Waals surface area contributed by atoms with Crippen LogP contribution in [0.5, 0.6) is 0 Å². The van der Waals surface area contributed by atoms with Crippen LogP contribution in [0.2, 0.25) is 0 Å². The van der Waals surface area contributed by atoms with Crippen molar-refractivity contribution in [3.05, 3.63) is 48.6 Å². The van der Waals surface area contributed by atoms with Gasteiger partial charge < -0.3 is 58.3 Å². The lowest BCUT2D eigenvalue weighted by Gasteiger charge is -2.40. The molecule has 558 valence electrons. The summed E-state index contributed by atoms with van der Waals surface area (Å²) >= 11 is 0. The fourth-order valence-corrected chi connectivity index (χ4v) is 6.80. The van der Waals surface area contributed by atoms with Crippen LogP contribution in [0, 0.1) is 17.8 Å². The zero-order valence-electron chi connectivity index (χ0n) is 50.8. The molecule has 0 heterocycles. The molecule has 0 aromatic rings. The number of ether oxygens (including phenoxy) is 8. The molecule has 96 heavy (non-hydrogen) atoms. The Morgan fingerprint density at radius 1 is 0.385 bits per heavy atom. The van der Waals surface area contributed by atoms with Crippen molar-refractivity contribution in [2.75, 3.05) is 33.0 Å². The molecule has 1 rings (SSSR count). The van der Waals surface area contributed by atoms with E-state index in [4.69, 9.17) is 5.11 Å². The fourth-order valence-electron chi connectivity index (χ4n) is 6.80. The summed E-state index contributed by atoms with van der Waals surface area (Å²) in [6.45, 7) is 14.5. The fraction of sp³-hybridized carbons (Fsp3) is 0.692. The Morgan fingerprint density at radius 2 is 0.656 bits per heavy atom. The molecule has 20 nitrogen and oxygen atoms in total. The summed E-state index contributed by atoms with van der Waals surface area (Å²) in [5, 5.41) is 36.9. The number of rotatable bonds is 24. The Balaban J connectivity index is -0.00000120. The molecule has 0 amide bonds. The molecular formula is C52H62F24O20. The van der Waals surface area contributed by atoms with E-state index >= 15 is 0 Å². The third kappa shape index (κ3) is 26.4. The van der Waals surface area contributed by atoms with Crippen molar-refractivity contribution in [3.63, 3.8) is 0 Å². The molecule has 1 saturated carbocycles. The van der Waals surface area contributed by atoms with E-state index in [-0.39, 0.29) is 35.1 Å². The van der Waals surface area contributed by atoms with Crippen LogP contribution in [0.15, 0.2) is 48.6 Å². The van der Waals surface area contributed by atoms with Crippen molar-refractivity contribution in [3.8, 4) is 0 Å². The van der Waals surface area contributed by atoms with Crippen molar-refractivity contribution in [1.82, 2.24) is 0 Å². The van der Waals surface area contributed by atoms with E-state index < -0.39 is 195 Å². The molecular weight excluding hydrogens is 1400 g/mol. The average molecular weight is 1460 g/mol. The normalized spacial score (nSPS) is 14.9. The second kappa shape index (κ2) is 35.4. The van der Waals surface area contributed by atoms with Crippen LogP contribution in [-0.4, -0.2) is 191 Å². The van der Waals surface area contributed by atoms with Crippen LogP contribution in [0.1, 0.15) is 87.5 Å². The van der Waals surface area contributed by atoms with E-state index in [9.17, 15) is 159 Å². The highest BCUT2D eigenvalue weighted by Gasteiger charge is 2.78. The van der Waals surface area contributed by atoms with E-state index in [0.29, 0.717) is 12.8 Å². The second-order valence-electron chi connectivity index (χ2n) is 20.9. The molecule has 0 saturated heterocycles. The predicted molar refractivity (Wildman–Crippen MR) is 268 cm³/mol. The van der Waals surface area contributed by atoms with Gasteiger partial charge in [-0.15, -0.1) is 0 Å². The summed E-state index contributed by atoms with van der Waals surface area (Å²) in [5.74, 6) is -14.7. The zero-order chi connectivity index (χ0) is 77.1. The van der Waals surface area contributed by atoms with Gasteiger partial charge in [-0.3, -0.25) is 0 Å². The third-order valence-corrected chi connectivity index (χ3v) is 11.9. The van der Waals surface area contributed by atoms with Gasteiger partial charge >= 0.3 is 97.2 Å². The topological polar surface area (TPSA) is 291 Å². The van der Waals surface area contributed by atoms with E-state index in [0.717, 1.165) is 13.8 Å². The Hall–Kier alpha value is -7.12. The lowest BCUT2D eigenvalue weighted by Crippen LogP contribution is -2.67. The van der Waals surface area contributed by atoms with Crippen molar-refractivity contribution >= 4 is 47.8 Å². The Morgan fingerprint density at radius 3 is 0.906 bits per heavy atom. The Labute approximate surface area is 526 Å². The molecule has 1 aliphatic rings. The molecule has 0 radical (unpaired) electrons. The first kappa shape index (κ1) is 93.1. The number of hydrogen-bond acceptors (Lipinski definition) is 20. The predicted octanol–water partition coefficient (Wildman–Crippen LogP) is 10.0. The molecule has 0 aliphatic heterocycles. The quantitative estimate of drug-likeness (QED) is 0.0302. The van der Waals surface area contributed by atoms with E-state index in [1.807, 2.05) is 0 Å². The molecule has 44 heteroatoms. The largest absolute Gasteiger partial charge is 0.459 e. The minimum Gasteiger partial charge on any atom is -0.459 e. The standard InChI is InChI=1S/C15H18F6O5.C14H18F6O5.C13H16F6O5.C10H10F6O5/c1-8(2)12(23)25-7-10(22)26-11(9-5-3-4-6-9)13(24,14(16,17)18)15(19,20)21;1-7(2)5-9(12(23,13(15,16)17)14(18,19)20)25-10(21)6-24-11(22)8(3)4;1-6(2)9(11(22,12(14,15)16)13(17,18)19)24-8(20)5-23-10(21)7(3)4;1-5(2)7(18)20-3-6(17)21-4-8(19,9(11,12)13)10(14,15)16/h9,11,24H,1,3-7H2,2H3;7,9,23H,3,5-6H2,1-2,4H3;6,9,22H,3,5H2,1-2,4H3;19H,1,3-4H2,2H3. The molecule has 1 fully saturated rings. The summed E-state index contributed by atoms with van der Waals surface area (Å²) in [6, 6.07) is 0. The van der Waals surface area contributed by atoms with Crippen LogP contribution >= 0.6 is 0 Å². The van der Waals surface area contributed by atoms with Crippen LogP contribution in [0.4, 0.5) is 105 Å². The number of carbonyl (C=O) groups is 8. The SMILES string of the molecule is C=C(C)C(=O)OCC(=O)OC(C(C)C)C(O)(C(F)(F)F)C(F)(F)F.C=C(C)C(=O)OCC(=O)OC(C1CCCC1)C(O)(C(F)(F)F)C(F)(F)F.C=C(C)C(=O)OCC(=O)OC(CC(C)C)C(O)(C(F)(F)F)C(F)(F)F.C=C(C)C(=O)OCC(=O)OCC(O)(C(F)(F)F)C(F)(F)F. The highest BCUT2D eigenvalue weighted by atomic mass is 19.4. The van der Waals surface area contributed by atoms with Gasteiger partial charge in [-0.1, -0.05) is 66.9 Å². The second-order valence-corrected chi connectivity index (χ2v) is 20.9. The van der Waals surface area contributed by atoms with Gasteiger partial charge in [0.15, 0.2) is 38.6 Å². The van der Waals surface area contributed by atoms with Crippen molar-refractivity contribution < 1.29 is 202 Å². The number of hydrogen-bond donors (Lipinski definition) is 4.